The first kappa shape index (κ1) is 28.9. The van der Waals surface area contributed by atoms with Crippen LogP contribution in [0.15, 0.2) is 77.7 Å². The number of rotatable bonds is 11. The summed E-state index contributed by atoms with van der Waals surface area (Å²) in [5, 5.41) is 2.85. The molecule has 0 aliphatic heterocycles. The quantitative estimate of drug-likeness (QED) is 0.384. The van der Waals surface area contributed by atoms with Gasteiger partial charge in [-0.3, -0.25) is 13.9 Å². The SMILES string of the molecule is CCCNC(=O)[C@@H](C)N(Cc1ccccc1)C(=O)CN(c1cc(C)ccc1C)S(=O)(=O)c1ccc(C)cc1. The number of hydrogen-bond acceptors (Lipinski definition) is 4. The van der Waals surface area contributed by atoms with Crippen molar-refractivity contribution in [2.75, 3.05) is 17.4 Å². The third kappa shape index (κ3) is 7.01. The smallest absolute Gasteiger partial charge is 0.264 e. The summed E-state index contributed by atoms with van der Waals surface area (Å²) >= 11 is 0. The van der Waals surface area contributed by atoms with Crippen molar-refractivity contribution in [3.63, 3.8) is 0 Å². The molecule has 0 unspecified atom stereocenters. The van der Waals surface area contributed by atoms with Crippen molar-refractivity contribution in [2.24, 2.45) is 0 Å². The Hall–Kier alpha value is -3.65. The van der Waals surface area contributed by atoms with Gasteiger partial charge in [-0.25, -0.2) is 8.42 Å². The highest BCUT2D eigenvalue weighted by atomic mass is 32.2. The van der Waals surface area contributed by atoms with Crippen molar-refractivity contribution in [1.29, 1.82) is 0 Å². The van der Waals surface area contributed by atoms with Gasteiger partial charge in [-0.1, -0.05) is 67.1 Å². The number of nitrogens with zero attached hydrogens (tertiary/aromatic N) is 2. The lowest BCUT2D eigenvalue weighted by Gasteiger charge is -2.32. The highest BCUT2D eigenvalue weighted by molar-refractivity contribution is 7.92. The van der Waals surface area contributed by atoms with Gasteiger partial charge in [-0.2, -0.15) is 0 Å². The van der Waals surface area contributed by atoms with Gasteiger partial charge < -0.3 is 10.2 Å². The Morgan fingerprint density at radius 3 is 2.16 bits per heavy atom. The summed E-state index contributed by atoms with van der Waals surface area (Å²) in [6.07, 6.45) is 0.764. The number of benzene rings is 3. The molecule has 0 spiro atoms. The molecule has 0 heterocycles. The van der Waals surface area contributed by atoms with E-state index in [1.165, 1.54) is 4.90 Å². The highest BCUT2D eigenvalue weighted by Gasteiger charge is 2.33. The number of carbonyl (C=O) groups excluding carboxylic acids is 2. The molecule has 202 valence electrons. The van der Waals surface area contributed by atoms with Gasteiger partial charge in [0.15, 0.2) is 0 Å². The topological polar surface area (TPSA) is 86.8 Å². The van der Waals surface area contributed by atoms with Crippen LogP contribution in [0.3, 0.4) is 0 Å². The molecule has 1 atom stereocenters. The van der Waals surface area contributed by atoms with Gasteiger partial charge in [0, 0.05) is 13.1 Å². The minimum atomic E-state index is -4.09. The van der Waals surface area contributed by atoms with Gasteiger partial charge in [0.25, 0.3) is 10.0 Å². The van der Waals surface area contributed by atoms with Gasteiger partial charge in [0.05, 0.1) is 10.6 Å². The highest BCUT2D eigenvalue weighted by Crippen LogP contribution is 2.28. The Labute approximate surface area is 226 Å². The van der Waals surface area contributed by atoms with Gasteiger partial charge in [-0.15, -0.1) is 0 Å². The van der Waals surface area contributed by atoms with E-state index in [9.17, 15) is 18.0 Å². The van der Waals surface area contributed by atoms with Crippen molar-refractivity contribution < 1.29 is 18.0 Å². The molecule has 0 aliphatic carbocycles. The van der Waals surface area contributed by atoms with E-state index in [0.29, 0.717) is 12.2 Å². The van der Waals surface area contributed by atoms with Crippen LogP contribution in [0.5, 0.6) is 0 Å². The van der Waals surface area contributed by atoms with Gasteiger partial charge in [0.2, 0.25) is 11.8 Å². The fourth-order valence-corrected chi connectivity index (χ4v) is 5.57. The Bertz CT molecular complexity index is 1360. The summed E-state index contributed by atoms with van der Waals surface area (Å²) in [6.45, 7) is 9.42. The van der Waals surface area contributed by atoms with E-state index >= 15 is 0 Å². The van der Waals surface area contributed by atoms with E-state index in [1.54, 1.807) is 37.3 Å². The zero-order valence-corrected chi connectivity index (χ0v) is 23.6. The van der Waals surface area contributed by atoms with Gasteiger partial charge in [0.1, 0.15) is 12.6 Å². The van der Waals surface area contributed by atoms with E-state index in [2.05, 4.69) is 5.32 Å². The second-order valence-electron chi connectivity index (χ2n) is 9.59. The molecule has 2 amide bonds. The second-order valence-corrected chi connectivity index (χ2v) is 11.5. The zero-order valence-electron chi connectivity index (χ0n) is 22.8. The molecule has 8 heteroatoms. The summed E-state index contributed by atoms with van der Waals surface area (Å²) < 4.78 is 29.1. The van der Waals surface area contributed by atoms with Crippen molar-refractivity contribution in [1.82, 2.24) is 10.2 Å². The summed E-state index contributed by atoms with van der Waals surface area (Å²) in [6, 6.07) is 20.7. The maximum Gasteiger partial charge on any atom is 0.264 e. The molecular weight excluding hydrogens is 498 g/mol. The summed E-state index contributed by atoms with van der Waals surface area (Å²) in [5.74, 6) is -0.750. The lowest BCUT2D eigenvalue weighted by Crippen LogP contribution is -2.51. The van der Waals surface area contributed by atoms with Gasteiger partial charge >= 0.3 is 0 Å². The minimum Gasteiger partial charge on any atom is -0.354 e. The molecule has 0 bridgehead atoms. The third-order valence-electron chi connectivity index (χ3n) is 6.43. The van der Waals surface area contributed by atoms with Crippen LogP contribution >= 0.6 is 0 Å². The first-order valence-corrected chi connectivity index (χ1v) is 14.3. The normalized spacial score (nSPS) is 12.0. The standard InChI is InChI=1S/C30H37N3O4S/c1-6-18-31-30(35)25(5)32(20-26-10-8-7-9-11-26)29(34)21-33(28-19-23(3)12-15-24(28)4)38(36,37)27-16-13-22(2)14-17-27/h7-17,19,25H,6,18,20-21H2,1-5H3,(H,31,35)/t25-/m1/s1. The van der Waals surface area contributed by atoms with E-state index in [1.807, 2.05) is 70.2 Å². The number of amides is 2. The maximum atomic E-state index is 13.9. The molecule has 1 N–H and O–H groups in total. The average Bonchev–Trinajstić information content (AvgIpc) is 2.90. The van der Waals surface area contributed by atoms with E-state index in [-0.39, 0.29) is 17.3 Å². The summed E-state index contributed by atoms with van der Waals surface area (Å²) in [7, 11) is -4.09. The molecular formula is C30H37N3O4S. The lowest BCUT2D eigenvalue weighted by atomic mass is 10.1. The predicted molar refractivity (Wildman–Crippen MR) is 151 cm³/mol. The first-order chi connectivity index (χ1) is 18.0. The average molecular weight is 536 g/mol. The molecule has 3 rings (SSSR count). The predicted octanol–water partition coefficient (Wildman–Crippen LogP) is 4.75. The van der Waals surface area contributed by atoms with Crippen molar-refractivity contribution in [3.05, 3.63) is 95.1 Å². The number of carbonyl (C=O) groups is 2. The van der Waals surface area contributed by atoms with Crippen LogP contribution in [-0.4, -0.2) is 44.3 Å². The van der Waals surface area contributed by atoms with Crippen molar-refractivity contribution in [2.45, 2.75) is 58.5 Å². The fraction of sp³-hybridized carbons (Fsp3) is 0.333. The Kier molecular flexibility index (Phi) is 9.69. The Balaban J connectivity index is 2.05. The van der Waals surface area contributed by atoms with Crippen LogP contribution in [-0.2, 0) is 26.2 Å². The monoisotopic (exact) mass is 535 g/mol. The van der Waals surface area contributed by atoms with Crippen LogP contribution in [0, 0.1) is 20.8 Å². The van der Waals surface area contributed by atoms with Crippen LogP contribution in [0.4, 0.5) is 5.69 Å². The number of sulfonamides is 1. The lowest BCUT2D eigenvalue weighted by molar-refractivity contribution is -0.139. The summed E-state index contributed by atoms with van der Waals surface area (Å²) in [5.41, 5.74) is 3.80. The van der Waals surface area contributed by atoms with Crippen LogP contribution in [0.25, 0.3) is 0 Å². The van der Waals surface area contributed by atoms with E-state index in [4.69, 9.17) is 0 Å². The van der Waals surface area contributed by atoms with E-state index < -0.39 is 28.5 Å². The Morgan fingerprint density at radius 1 is 0.895 bits per heavy atom. The largest absolute Gasteiger partial charge is 0.354 e. The molecule has 7 nitrogen and oxygen atoms in total. The Morgan fingerprint density at radius 2 is 1.53 bits per heavy atom. The van der Waals surface area contributed by atoms with Crippen molar-refractivity contribution in [3.8, 4) is 0 Å². The van der Waals surface area contributed by atoms with Gasteiger partial charge in [-0.05, 0) is 69.0 Å². The third-order valence-corrected chi connectivity index (χ3v) is 8.21. The first-order valence-electron chi connectivity index (χ1n) is 12.8. The number of nitrogens with one attached hydrogen (secondary N) is 1. The molecule has 38 heavy (non-hydrogen) atoms. The molecule has 0 saturated heterocycles. The number of aryl methyl sites for hydroxylation is 3. The number of hydrogen-bond donors (Lipinski definition) is 1. The molecule has 3 aromatic carbocycles. The minimum absolute atomic E-state index is 0.0974. The molecule has 0 saturated carbocycles. The zero-order chi connectivity index (χ0) is 27.9. The summed E-state index contributed by atoms with van der Waals surface area (Å²) in [4.78, 5) is 28.4. The molecule has 0 radical (unpaired) electrons. The molecule has 0 aliphatic rings. The maximum absolute atomic E-state index is 13.9. The second kappa shape index (κ2) is 12.7. The van der Waals surface area contributed by atoms with Crippen LogP contribution in [0.1, 0.15) is 42.5 Å². The molecule has 0 aromatic heterocycles. The molecule has 3 aromatic rings. The van der Waals surface area contributed by atoms with Crippen LogP contribution < -0.4 is 9.62 Å². The van der Waals surface area contributed by atoms with Crippen molar-refractivity contribution >= 4 is 27.5 Å². The van der Waals surface area contributed by atoms with E-state index in [0.717, 1.165) is 33.0 Å². The number of anilines is 1. The molecule has 0 fully saturated rings. The fourth-order valence-electron chi connectivity index (χ4n) is 4.10. The van der Waals surface area contributed by atoms with Crippen LogP contribution in [0.2, 0.25) is 0 Å².